The number of ether oxygens (including phenoxy) is 2. The number of hydrogen-bond acceptors (Lipinski definition) is 5. The summed E-state index contributed by atoms with van der Waals surface area (Å²) in [5.74, 6) is -0.891. The van der Waals surface area contributed by atoms with E-state index in [0.29, 0.717) is 27.8 Å². The van der Waals surface area contributed by atoms with Crippen LogP contribution >= 0.6 is 11.6 Å². The Hall–Kier alpha value is -4.28. The van der Waals surface area contributed by atoms with Gasteiger partial charge in [0.15, 0.2) is 11.5 Å². The van der Waals surface area contributed by atoms with Crippen LogP contribution < -0.4 is 14.8 Å². The molecule has 166 valence electrons. The second kappa shape index (κ2) is 10.8. The topological polar surface area (TPSA) is 109 Å². The first kappa shape index (κ1) is 23.4. The van der Waals surface area contributed by atoms with Crippen molar-refractivity contribution in [3.63, 3.8) is 0 Å². The number of nitriles is 1. The zero-order chi connectivity index (χ0) is 23.8. The van der Waals surface area contributed by atoms with Crippen LogP contribution in [0.3, 0.4) is 0 Å². The Morgan fingerprint density at radius 3 is 2.45 bits per heavy atom. The van der Waals surface area contributed by atoms with Gasteiger partial charge in [-0.3, -0.25) is 4.79 Å². The van der Waals surface area contributed by atoms with Gasteiger partial charge in [0.25, 0.3) is 5.91 Å². The lowest BCUT2D eigenvalue weighted by molar-refractivity contribution is -0.112. The zero-order valence-electron chi connectivity index (χ0n) is 17.5. The van der Waals surface area contributed by atoms with Gasteiger partial charge in [0, 0.05) is 5.56 Å². The molecule has 33 heavy (non-hydrogen) atoms. The lowest BCUT2D eigenvalue weighted by Gasteiger charge is -2.14. The molecule has 0 fully saturated rings. The van der Waals surface area contributed by atoms with Crippen molar-refractivity contribution < 1.29 is 24.2 Å². The molecule has 0 aliphatic rings. The molecule has 8 heteroatoms. The SMILES string of the molecule is COc1cccc(/C=C(/C#N)C(=O)Nc2ccccc2Cl)c1OCc1ccc(C(=O)O)cc1. The first-order chi connectivity index (χ1) is 15.9. The highest BCUT2D eigenvalue weighted by atomic mass is 35.5. The maximum Gasteiger partial charge on any atom is 0.335 e. The minimum Gasteiger partial charge on any atom is -0.493 e. The molecule has 7 nitrogen and oxygen atoms in total. The number of rotatable bonds is 8. The van der Waals surface area contributed by atoms with Crippen molar-refractivity contribution >= 4 is 35.2 Å². The van der Waals surface area contributed by atoms with E-state index in [1.165, 1.54) is 25.3 Å². The fourth-order valence-electron chi connectivity index (χ4n) is 2.92. The number of nitrogens with one attached hydrogen (secondary N) is 1. The summed E-state index contributed by atoms with van der Waals surface area (Å²) in [6.07, 6.45) is 1.40. The highest BCUT2D eigenvalue weighted by Crippen LogP contribution is 2.33. The minimum atomic E-state index is -1.02. The van der Waals surface area contributed by atoms with Gasteiger partial charge >= 0.3 is 5.97 Å². The number of anilines is 1. The Labute approximate surface area is 195 Å². The highest BCUT2D eigenvalue weighted by Gasteiger charge is 2.15. The minimum absolute atomic E-state index is 0.120. The number of methoxy groups -OCH3 is 1. The first-order valence-corrected chi connectivity index (χ1v) is 10.1. The lowest BCUT2D eigenvalue weighted by atomic mass is 10.1. The van der Waals surface area contributed by atoms with Crippen molar-refractivity contribution in [2.45, 2.75) is 6.61 Å². The van der Waals surface area contributed by atoms with Gasteiger partial charge in [-0.15, -0.1) is 0 Å². The summed E-state index contributed by atoms with van der Waals surface area (Å²) in [5, 5.41) is 21.6. The second-order valence-corrected chi connectivity index (χ2v) is 7.18. The molecule has 0 saturated heterocycles. The largest absolute Gasteiger partial charge is 0.493 e. The summed E-state index contributed by atoms with van der Waals surface area (Å²) in [7, 11) is 1.48. The molecular weight excluding hydrogens is 444 g/mol. The molecule has 0 aliphatic heterocycles. The number of hydrogen-bond donors (Lipinski definition) is 2. The first-order valence-electron chi connectivity index (χ1n) is 9.72. The molecule has 0 heterocycles. The van der Waals surface area contributed by atoms with E-state index in [2.05, 4.69) is 5.32 Å². The maximum atomic E-state index is 12.7. The number of carboxylic acids is 1. The molecule has 0 bridgehead atoms. The van der Waals surface area contributed by atoms with Crippen LogP contribution in [-0.4, -0.2) is 24.1 Å². The van der Waals surface area contributed by atoms with Crippen molar-refractivity contribution in [1.82, 2.24) is 0 Å². The predicted molar refractivity (Wildman–Crippen MR) is 124 cm³/mol. The molecule has 1 amide bonds. The number of halogens is 1. The van der Waals surface area contributed by atoms with E-state index in [4.69, 9.17) is 26.2 Å². The third-order valence-corrected chi connectivity index (χ3v) is 4.93. The van der Waals surface area contributed by atoms with E-state index in [0.717, 1.165) is 5.56 Å². The normalized spacial score (nSPS) is 10.8. The van der Waals surface area contributed by atoms with Crippen LogP contribution in [0.1, 0.15) is 21.5 Å². The standard InChI is InChI=1S/C25H19ClN2O5/c1-32-22-8-4-5-18(23(22)33-15-16-9-11-17(12-10-16)25(30)31)13-19(14-27)24(29)28-21-7-3-2-6-20(21)26/h2-13H,15H2,1H3,(H,28,29)(H,30,31)/b19-13-. The maximum absolute atomic E-state index is 12.7. The molecule has 0 unspecified atom stereocenters. The van der Waals surface area contributed by atoms with Crippen molar-refractivity contribution in [1.29, 1.82) is 5.26 Å². The van der Waals surface area contributed by atoms with E-state index in [1.54, 1.807) is 54.6 Å². The number of amides is 1. The monoisotopic (exact) mass is 462 g/mol. The fraction of sp³-hybridized carbons (Fsp3) is 0.0800. The van der Waals surface area contributed by atoms with Crippen LogP contribution in [0.4, 0.5) is 5.69 Å². The summed E-state index contributed by atoms with van der Waals surface area (Å²) in [5.41, 5.74) is 1.60. The van der Waals surface area contributed by atoms with E-state index in [9.17, 15) is 14.9 Å². The Balaban J connectivity index is 1.86. The van der Waals surface area contributed by atoms with Gasteiger partial charge in [-0.2, -0.15) is 5.26 Å². The highest BCUT2D eigenvalue weighted by molar-refractivity contribution is 6.34. The summed E-state index contributed by atoms with van der Waals surface area (Å²) >= 11 is 6.08. The molecule has 3 aromatic rings. The van der Waals surface area contributed by atoms with Crippen LogP contribution in [0.5, 0.6) is 11.5 Å². The van der Waals surface area contributed by atoms with Crippen molar-refractivity contribution in [3.8, 4) is 17.6 Å². The number of carboxylic acid groups (broad SMARTS) is 1. The molecule has 0 aromatic heterocycles. The Bertz CT molecular complexity index is 1250. The number of nitrogens with zero attached hydrogens (tertiary/aromatic N) is 1. The molecule has 3 aromatic carbocycles. The van der Waals surface area contributed by atoms with Crippen molar-refractivity contribution in [3.05, 3.63) is 94.0 Å². The summed E-state index contributed by atoms with van der Waals surface area (Å²) < 4.78 is 11.3. The zero-order valence-corrected chi connectivity index (χ0v) is 18.3. The van der Waals surface area contributed by atoms with Gasteiger partial charge in [-0.1, -0.05) is 48.0 Å². The molecule has 0 spiro atoms. The van der Waals surface area contributed by atoms with Gasteiger partial charge in [0.2, 0.25) is 0 Å². The summed E-state index contributed by atoms with van der Waals surface area (Å²) in [6, 6.07) is 19.9. The van der Waals surface area contributed by atoms with Crippen LogP contribution in [0.2, 0.25) is 5.02 Å². The molecule has 0 atom stereocenters. The van der Waals surface area contributed by atoms with Crippen LogP contribution in [0.25, 0.3) is 6.08 Å². The Morgan fingerprint density at radius 1 is 1.09 bits per heavy atom. The van der Waals surface area contributed by atoms with E-state index >= 15 is 0 Å². The number of aromatic carboxylic acids is 1. The van der Waals surface area contributed by atoms with Gasteiger partial charge in [-0.25, -0.2) is 4.79 Å². The number of benzene rings is 3. The Kier molecular flexibility index (Phi) is 7.68. The Morgan fingerprint density at radius 2 is 1.82 bits per heavy atom. The summed E-state index contributed by atoms with van der Waals surface area (Å²) in [4.78, 5) is 23.7. The van der Waals surface area contributed by atoms with Gasteiger partial charge in [-0.05, 0) is 42.0 Å². The van der Waals surface area contributed by atoms with Crippen LogP contribution in [0, 0.1) is 11.3 Å². The fourth-order valence-corrected chi connectivity index (χ4v) is 3.10. The molecular formula is C25H19ClN2O5. The van der Waals surface area contributed by atoms with Gasteiger partial charge < -0.3 is 19.9 Å². The van der Waals surface area contributed by atoms with E-state index < -0.39 is 11.9 Å². The third kappa shape index (κ3) is 5.91. The second-order valence-electron chi connectivity index (χ2n) is 6.77. The predicted octanol–water partition coefficient (Wildman–Crippen LogP) is 5.17. The van der Waals surface area contributed by atoms with Gasteiger partial charge in [0.05, 0.1) is 23.4 Å². The molecule has 0 aliphatic carbocycles. The van der Waals surface area contributed by atoms with E-state index in [-0.39, 0.29) is 17.7 Å². The third-order valence-electron chi connectivity index (χ3n) is 4.60. The number of para-hydroxylation sites is 2. The summed E-state index contributed by atoms with van der Waals surface area (Å²) in [6.45, 7) is 0.120. The quantitative estimate of drug-likeness (QED) is 0.353. The van der Waals surface area contributed by atoms with Crippen molar-refractivity contribution in [2.24, 2.45) is 0 Å². The van der Waals surface area contributed by atoms with Gasteiger partial charge in [0.1, 0.15) is 18.2 Å². The van der Waals surface area contributed by atoms with Crippen molar-refractivity contribution in [2.75, 3.05) is 12.4 Å². The van der Waals surface area contributed by atoms with E-state index in [1.807, 2.05) is 6.07 Å². The molecule has 0 radical (unpaired) electrons. The smallest absolute Gasteiger partial charge is 0.335 e. The average Bonchev–Trinajstić information content (AvgIpc) is 2.82. The molecule has 2 N–H and O–H groups in total. The van der Waals surface area contributed by atoms with Crippen LogP contribution in [0.15, 0.2) is 72.3 Å². The van der Waals surface area contributed by atoms with Crippen LogP contribution in [-0.2, 0) is 11.4 Å². The molecule has 3 rings (SSSR count). The number of carbonyl (C=O) groups excluding carboxylic acids is 1. The molecule has 0 saturated carbocycles. The number of carbonyl (C=O) groups is 2. The lowest BCUT2D eigenvalue weighted by Crippen LogP contribution is -2.13. The average molecular weight is 463 g/mol.